The van der Waals surface area contributed by atoms with Crippen LogP contribution in [0.2, 0.25) is 0 Å². The van der Waals surface area contributed by atoms with Gasteiger partial charge >= 0.3 is 5.97 Å². The van der Waals surface area contributed by atoms with E-state index >= 15 is 0 Å². The molecule has 1 aromatic rings. The summed E-state index contributed by atoms with van der Waals surface area (Å²) in [5.74, 6) is -0.237. The lowest BCUT2D eigenvalue weighted by Crippen LogP contribution is -2.39. The summed E-state index contributed by atoms with van der Waals surface area (Å²) in [5, 5.41) is 13.4. The molecule has 0 heterocycles. The number of nitro benzene ring substituents is 1. The summed E-state index contributed by atoms with van der Waals surface area (Å²) in [4.78, 5) is 33.8. The first-order valence-corrected chi connectivity index (χ1v) is 8.23. The van der Waals surface area contributed by atoms with E-state index in [0.29, 0.717) is 12.3 Å². The molecule has 2 atom stereocenters. The Bertz CT molecular complexity index is 616. The van der Waals surface area contributed by atoms with Crippen LogP contribution in [0.5, 0.6) is 5.75 Å². The number of carbonyl (C=O) groups excluding carboxylic acids is 2. The molecule has 1 N–H and O–H groups in total. The monoisotopic (exact) mass is 350 g/mol. The summed E-state index contributed by atoms with van der Waals surface area (Å²) < 4.78 is 10.1. The number of esters is 1. The Hall–Kier alpha value is -2.64. The van der Waals surface area contributed by atoms with Gasteiger partial charge < -0.3 is 14.8 Å². The smallest absolute Gasteiger partial charge is 0.309 e. The first kappa shape index (κ1) is 18.7. The first-order valence-electron chi connectivity index (χ1n) is 8.23. The van der Waals surface area contributed by atoms with E-state index in [4.69, 9.17) is 9.47 Å². The summed E-state index contributed by atoms with van der Waals surface area (Å²) in [7, 11) is 1.38. The molecule has 0 bridgehead atoms. The minimum Gasteiger partial charge on any atom is -0.484 e. The number of carbonyl (C=O) groups is 2. The van der Waals surface area contributed by atoms with Crippen molar-refractivity contribution in [1.29, 1.82) is 0 Å². The fourth-order valence-corrected chi connectivity index (χ4v) is 3.02. The average Bonchev–Trinajstić information content (AvgIpc) is 2.64. The number of nitrogens with one attached hydrogen (secondary N) is 1. The fraction of sp³-hybridized carbons (Fsp3) is 0.529. The van der Waals surface area contributed by atoms with Gasteiger partial charge in [-0.3, -0.25) is 19.7 Å². The Morgan fingerprint density at radius 2 is 1.92 bits per heavy atom. The Morgan fingerprint density at radius 3 is 2.56 bits per heavy atom. The van der Waals surface area contributed by atoms with Crippen LogP contribution in [0.3, 0.4) is 0 Å². The van der Waals surface area contributed by atoms with Gasteiger partial charge in [0.25, 0.3) is 11.6 Å². The number of rotatable bonds is 7. The third kappa shape index (κ3) is 5.44. The largest absolute Gasteiger partial charge is 0.484 e. The van der Waals surface area contributed by atoms with Crippen molar-refractivity contribution in [1.82, 2.24) is 5.32 Å². The van der Waals surface area contributed by atoms with Crippen LogP contribution in [0.25, 0.3) is 0 Å². The molecule has 0 aromatic heterocycles. The molecule has 0 radical (unpaired) electrons. The van der Waals surface area contributed by atoms with Crippen molar-refractivity contribution >= 4 is 17.6 Å². The number of hydrogen-bond donors (Lipinski definition) is 1. The first-order chi connectivity index (χ1) is 12.0. The molecule has 1 aliphatic rings. The molecule has 0 saturated heterocycles. The highest BCUT2D eigenvalue weighted by atomic mass is 16.6. The van der Waals surface area contributed by atoms with Crippen molar-refractivity contribution in [3.05, 3.63) is 34.4 Å². The molecule has 1 fully saturated rings. The Morgan fingerprint density at radius 1 is 1.24 bits per heavy atom. The molecule has 1 saturated carbocycles. The second-order valence-corrected chi connectivity index (χ2v) is 6.02. The van der Waals surface area contributed by atoms with Crippen molar-refractivity contribution in [2.75, 3.05) is 20.3 Å². The van der Waals surface area contributed by atoms with Gasteiger partial charge in [0.2, 0.25) is 0 Å². The number of nitrogens with zero attached hydrogens (tertiary/aromatic N) is 1. The van der Waals surface area contributed by atoms with E-state index in [1.807, 2.05) is 0 Å². The Labute approximate surface area is 145 Å². The third-order valence-electron chi connectivity index (χ3n) is 4.39. The SMILES string of the molecule is COC(=O)C1CCCCC1CNC(=O)COc1ccc([N+](=O)[O-])cc1. The molecular formula is C17H22N2O6. The Balaban J connectivity index is 1.77. The number of hydrogen-bond acceptors (Lipinski definition) is 6. The minimum atomic E-state index is -0.502. The van der Waals surface area contributed by atoms with E-state index in [1.165, 1.54) is 31.4 Å². The van der Waals surface area contributed by atoms with Gasteiger partial charge in [-0.2, -0.15) is 0 Å². The maximum atomic E-state index is 11.9. The standard InChI is InChI=1S/C17H22N2O6/c1-24-17(21)15-5-3-2-4-12(15)10-18-16(20)11-25-14-8-6-13(7-9-14)19(22)23/h6-9,12,15H,2-5,10-11H2,1H3,(H,18,20). The van der Waals surface area contributed by atoms with Crippen LogP contribution in [0.15, 0.2) is 24.3 Å². The number of methoxy groups -OCH3 is 1. The summed E-state index contributed by atoms with van der Waals surface area (Å²) in [5.41, 5.74) is -0.0389. The molecule has 8 heteroatoms. The number of amides is 1. The van der Waals surface area contributed by atoms with Crippen LogP contribution < -0.4 is 10.1 Å². The van der Waals surface area contributed by atoms with E-state index in [9.17, 15) is 19.7 Å². The van der Waals surface area contributed by atoms with Gasteiger partial charge in [-0.15, -0.1) is 0 Å². The maximum Gasteiger partial charge on any atom is 0.309 e. The topological polar surface area (TPSA) is 108 Å². The van der Waals surface area contributed by atoms with Crippen molar-refractivity contribution in [2.45, 2.75) is 25.7 Å². The summed E-state index contributed by atoms with van der Waals surface area (Å²) in [6.45, 7) is 0.218. The van der Waals surface area contributed by atoms with Gasteiger partial charge in [-0.05, 0) is 30.9 Å². The third-order valence-corrected chi connectivity index (χ3v) is 4.39. The number of benzene rings is 1. The van der Waals surface area contributed by atoms with Crippen LogP contribution in [-0.2, 0) is 14.3 Å². The highest BCUT2D eigenvalue weighted by molar-refractivity contribution is 5.77. The summed E-state index contributed by atoms with van der Waals surface area (Å²) >= 11 is 0. The summed E-state index contributed by atoms with van der Waals surface area (Å²) in [6.07, 6.45) is 3.69. The molecule has 8 nitrogen and oxygen atoms in total. The lowest BCUT2D eigenvalue weighted by molar-refractivity contribution is -0.384. The van der Waals surface area contributed by atoms with Crippen LogP contribution >= 0.6 is 0 Å². The predicted octanol–water partition coefficient (Wildman–Crippen LogP) is 2.07. The summed E-state index contributed by atoms with van der Waals surface area (Å²) in [6, 6.07) is 5.52. The maximum absolute atomic E-state index is 11.9. The van der Waals surface area contributed by atoms with Gasteiger partial charge in [0, 0.05) is 18.7 Å². The molecule has 1 aromatic carbocycles. The average molecular weight is 350 g/mol. The zero-order chi connectivity index (χ0) is 18.2. The Kier molecular flexibility index (Phi) is 6.73. The van der Waals surface area contributed by atoms with Gasteiger partial charge in [0.05, 0.1) is 18.0 Å². The highest BCUT2D eigenvalue weighted by Gasteiger charge is 2.31. The molecule has 0 spiro atoms. The van der Waals surface area contributed by atoms with Crippen molar-refractivity contribution in [3.8, 4) is 5.75 Å². The van der Waals surface area contributed by atoms with E-state index < -0.39 is 4.92 Å². The zero-order valence-corrected chi connectivity index (χ0v) is 14.1. The van der Waals surface area contributed by atoms with E-state index in [2.05, 4.69) is 5.32 Å². The minimum absolute atomic E-state index is 0.0389. The fourth-order valence-electron chi connectivity index (χ4n) is 3.02. The van der Waals surface area contributed by atoms with Crippen molar-refractivity contribution in [2.24, 2.45) is 11.8 Å². The molecule has 136 valence electrons. The molecule has 0 aliphatic heterocycles. The molecular weight excluding hydrogens is 328 g/mol. The number of ether oxygens (including phenoxy) is 2. The lowest BCUT2D eigenvalue weighted by atomic mass is 9.79. The number of non-ortho nitro benzene ring substituents is 1. The molecule has 2 unspecified atom stereocenters. The lowest BCUT2D eigenvalue weighted by Gasteiger charge is -2.29. The highest BCUT2D eigenvalue weighted by Crippen LogP contribution is 2.30. The second-order valence-electron chi connectivity index (χ2n) is 6.02. The van der Waals surface area contributed by atoms with Gasteiger partial charge in [0.15, 0.2) is 6.61 Å². The molecule has 1 amide bonds. The van der Waals surface area contributed by atoms with E-state index in [-0.39, 0.29) is 36.0 Å². The molecule has 25 heavy (non-hydrogen) atoms. The van der Waals surface area contributed by atoms with Gasteiger partial charge in [-0.1, -0.05) is 12.8 Å². The van der Waals surface area contributed by atoms with Crippen LogP contribution in [0.1, 0.15) is 25.7 Å². The van der Waals surface area contributed by atoms with E-state index in [1.54, 1.807) is 0 Å². The molecule has 1 aliphatic carbocycles. The zero-order valence-electron chi connectivity index (χ0n) is 14.1. The van der Waals surface area contributed by atoms with Crippen molar-refractivity contribution < 1.29 is 24.0 Å². The number of nitro groups is 1. The van der Waals surface area contributed by atoms with Crippen molar-refractivity contribution in [3.63, 3.8) is 0 Å². The van der Waals surface area contributed by atoms with Crippen LogP contribution in [-0.4, -0.2) is 37.1 Å². The van der Waals surface area contributed by atoms with Crippen LogP contribution in [0.4, 0.5) is 5.69 Å². The normalized spacial score (nSPS) is 19.7. The van der Waals surface area contributed by atoms with Gasteiger partial charge in [-0.25, -0.2) is 0 Å². The van der Waals surface area contributed by atoms with E-state index in [0.717, 1.165) is 25.7 Å². The van der Waals surface area contributed by atoms with Crippen LogP contribution in [0, 0.1) is 22.0 Å². The quantitative estimate of drug-likeness (QED) is 0.458. The predicted molar refractivity (Wildman–Crippen MR) is 89.1 cm³/mol. The second kappa shape index (κ2) is 9.00. The van der Waals surface area contributed by atoms with Gasteiger partial charge in [0.1, 0.15) is 5.75 Å². The molecule has 2 rings (SSSR count).